The van der Waals surface area contributed by atoms with Crippen molar-refractivity contribution in [3.63, 3.8) is 0 Å². The highest BCUT2D eigenvalue weighted by molar-refractivity contribution is 5.87. The summed E-state index contributed by atoms with van der Waals surface area (Å²) < 4.78 is 0. The smallest absolute Gasteiger partial charge is 0.0848 e. The molecule has 1 rings (SSSR count). The van der Waals surface area contributed by atoms with Crippen LogP contribution in [0.15, 0.2) is 29.4 Å². The average molecular weight is 231 g/mol. The normalized spacial score (nSPS) is 13.1. The topological polar surface area (TPSA) is 68.4 Å². The molecule has 0 heterocycles. The van der Waals surface area contributed by atoms with Crippen LogP contribution in [0.1, 0.15) is 31.0 Å². The van der Waals surface area contributed by atoms with Crippen molar-refractivity contribution in [2.75, 3.05) is 6.54 Å². The van der Waals surface area contributed by atoms with Crippen molar-refractivity contribution < 1.29 is 5.21 Å². The minimum atomic E-state index is -0.217. The summed E-state index contributed by atoms with van der Waals surface area (Å²) in [6, 6.07) is 9.87. The number of benzene rings is 1. The lowest BCUT2D eigenvalue weighted by atomic mass is 10.0. The van der Waals surface area contributed by atoms with Gasteiger partial charge in [0, 0.05) is 0 Å². The van der Waals surface area contributed by atoms with Crippen molar-refractivity contribution in [1.29, 1.82) is 5.26 Å². The van der Waals surface area contributed by atoms with Gasteiger partial charge in [-0.3, -0.25) is 5.32 Å². The number of nitrogens with one attached hydrogen (secondary N) is 1. The molecule has 0 aliphatic heterocycles. The molecule has 1 aromatic rings. The van der Waals surface area contributed by atoms with Crippen LogP contribution in [-0.4, -0.2) is 17.5 Å². The molecule has 1 aromatic carbocycles. The molecule has 0 spiro atoms. The Morgan fingerprint density at radius 1 is 1.47 bits per heavy atom. The second kappa shape index (κ2) is 6.66. The van der Waals surface area contributed by atoms with E-state index in [1.54, 1.807) is 6.92 Å². The van der Waals surface area contributed by atoms with Crippen LogP contribution < -0.4 is 5.32 Å². The first-order valence-electron chi connectivity index (χ1n) is 5.60. The van der Waals surface area contributed by atoms with Crippen molar-refractivity contribution in [1.82, 2.24) is 5.32 Å². The van der Waals surface area contributed by atoms with E-state index >= 15 is 0 Å². The van der Waals surface area contributed by atoms with Crippen molar-refractivity contribution in [2.24, 2.45) is 5.16 Å². The van der Waals surface area contributed by atoms with E-state index in [0.717, 1.165) is 12.0 Å². The minimum absolute atomic E-state index is 0.215. The zero-order valence-electron chi connectivity index (χ0n) is 10.1. The van der Waals surface area contributed by atoms with E-state index in [2.05, 4.69) is 17.4 Å². The molecule has 0 aromatic heterocycles. The summed E-state index contributed by atoms with van der Waals surface area (Å²) in [6.07, 6.45) is 0.990. The first-order chi connectivity index (χ1) is 8.22. The molecule has 0 bridgehead atoms. The van der Waals surface area contributed by atoms with Crippen LogP contribution in [0, 0.1) is 11.3 Å². The van der Waals surface area contributed by atoms with Gasteiger partial charge in [-0.05, 0) is 24.5 Å². The molecule has 2 N–H and O–H groups in total. The number of nitrogens with zero attached hydrogens (tertiary/aromatic N) is 2. The fourth-order valence-corrected chi connectivity index (χ4v) is 1.66. The maximum atomic E-state index is 8.83. The highest BCUT2D eigenvalue weighted by Crippen LogP contribution is 2.16. The van der Waals surface area contributed by atoms with Crippen LogP contribution >= 0.6 is 0 Å². The van der Waals surface area contributed by atoms with E-state index in [-0.39, 0.29) is 12.6 Å². The maximum Gasteiger partial charge on any atom is 0.0848 e. The highest BCUT2D eigenvalue weighted by atomic mass is 16.4. The quantitative estimate of drug-likeness (QED) is 0.353. The monoisotopic (exact) mass is 231 g/mol. The molecule has 0 aliphatic carbocycles. The number of hydrogen-bond donors (Lipinski definition) is 2. The number of oxime groups is 1. The SMILES string of the molecule is CCc1ccc(C(NCC#N)C(C)=NO)cc1. The molecule has 4 nitrogen and oxygen atoms in total. The van der Waals surface area contributed by atoms with E-state index < -0.39 is 0 Å². The largest absolute Gasteiger partial charge is 0.411 e. The van der Waals surface area contributed by atoms with Gasteiger partial charge in [0.05, 0.1) is 24.4 Å². The molecule has 17 heavy (non-hydrogen) atoms. The third-order valence-corrected chi connectivity index (χ3v) is 2.68. The molecule has 0 aliphatic rings. The predicted molar refractivity (Wildman–Crippen MR) is 67.1 cm³/mol. The number of rotatable bonds is 5. The number of hydrogen-bond acceptors (Lipinski definition) is 4. The van der Waals surface area contributed by atoms with Gasteiger partial charge in [-0.15, -0.1) is 0 Å². The summed E-state index contributed by atoms with van der Waals surface area (Å²) >= 11 is 0. The molecule has 0 saturated carbocycles. The van der Waals surface area contributed by atoms with Gasteiger partial charge >= 0.3 is 0 Å². The Kier molecular flexibility index (Phi) is 5.18. The minimum Gasteiger partial charge on any atom is -0.411 e. The van der Waals surface area contributed by atoms with Crippen molar-refractivity contribution in [3.05, 3.63) is 35.4 Å². The maximum absolute atomic E-state index is 8.83. The summed E-state index contributed by atoms with van der Waals surface area (Å²) in [5.74, 6) is 0. The third-order valence-electron chi connectivity index (χ3n) is 2.68. The fourth-order valence-electron chi connectivity index (χ4n) is 1.66. The van der Waals surface area contributed by atoms with E-state index in [1.165, 1.54) is 5.56 Å². The van der Waals surface area contributed by atoms with Gasteiger partial charge in [0.25, 0.3) is 0 Å². The van der Waals surface area contributed by atoms with E-state index in [1.807, 2.05) is 30.3 Å². The lowest BCUT2D eigenvalue weighted by Gasteiger charge is -2.16. The number of aryl methyl sites for hydroxylation is 1. The first kappa shape index (κ1) is 13.2. The van der Waals surface area contributed by atoms with Gasteiger partial charge in [0.2, 0.25) is 0 Å². The number of nitriles is 1. The summed E-state index contributed by atoms with van der Waals surface area (Å²) in [7, 11) is 0. The van der Waals surface area contributed by atoms with Crippen LogP contribution in [0.5, 0.6) is 0 Å². The summed E-state index contributed by atoms with van der Waals surface area (Å²) in [6.45, 7) is 4.04. The van der Waals surface area contributed by atoms with E-state index in [4.69, 9.17) is 10.5 Å². The van der Waals surface area contributed by atoms with E-state index in [9.17, 15) is 0 Å². The average Bonchev–Trinajstić information content (AvgIpc) is 2.39. The van der Waals surface area contributed by atoms with Crippen LogP contribution in [-0.2, 0) is 6.42 Å². The lowest BCUT2D eigenvalue weighted by Crippen LogP contribution is -2.27. The Morgan fingerprint density at radius 2 is 2.12 bits per heavy atom. The molecular formula is C13H17N3O. The van der Waals surface area contributed by atoms with Gasteiger partial charge in [0.15, 0.2) is 0 Å². The Labute approximate surface area is 102 Å². The van der Waals surface area contributed by atoms with Crippen molar-refractivity contribution in [3.8, 4) is 6.07 Å². The molecule has 90 valence electrons. The van der Waals surface area contributed by atoms with Crippen LogP contribution in [0.25, 0.3) is 0 Å². The van der Waals surface area contributed by atoms with Gasteiger partial charge in [-0.25, -0.2) is 0 Å². The molecule has 1 atom stereocenters. The molecule has 0 radical (unpaired) electrons. The van der Waals surface area contributed by atoms with E-state index in [0.29, 0.717) is 5.71 Å². The molecule has 0 fully saturated rings. The Balaban J connectivity index is 2.92. The second-order valence-corrected chi connectivity index (χ2v) is 3.81. The van der Waals surface area contributed by atoms with Crippen molar-refractivity contribution >= 4 is 5.71 Å². The van der Waals surface area contributed by atoms with Crippen LogP contribution in [0.3, 0.4) is 0 Å². The van der Waals surface area contributed by atoms with Crippen LogP contribution in [0.4, 0.5) is 0 Å². The zero-order valence-corrected chi connectivity index (χ0v) is 10.1. The predicted octanol–water partition coefficient (Wildman–Crippen LogP) is 2.25. The van der Waals surface area contributed by atoms with Gasteiger partial charge in [-0.1, -0.05) is 36.3 Å². The first-order valence-corrected chi connectivity index (χ1v) is 5.60. The molecule has 0 saturated heterocycles. The van der Waals surface area contributed by atoms with Gasteiger partial charge < -0.3 is 5.21 Å². The van der Waals surface area contributed by atoms with Crippen LogP contribution in [0.2, 0.25) is 0 Å². The highest BCUT2D eigenvalue weighted by Gasteiger charge is 2.14. The van der Waals surface area contributed by atoms with Gasteiger partial charge in [0.1, 0.15) is 0 Å². The molecule has 1 unspecified atom stereocenters. The van der Waals surface area contributed by atoms with Crippen molar-refractivity contribution in [2.45, 2.75) is 26.3 Å². The Morgan fingerprint density at radius 3 is 2.59 bits per heavy atom. The standard InChI is InChI=1S/C13H17N3O/c1-3-11-4-6-12(7-5-11)13(10(2)16-17)15-9-8-14/h4-7,13,15,17H,3,9H2,1-2H3. The fraction of sp³-hybridized carbons (Fsp3) is 0.385. The molecule has 4 heteroatoms. The Hall–Kier alpha value is -1.86. The van der Waals surface area contributed by atoms with Gasteiger partial charge in [-0.2, -0.15) is 5.26 Å². The molecular weight excluding hydrogens is 214 g/mol. The zero-order chi connectivity index (χ0) is 12.7. The summed E-state index contributed by atoms with van der Waals surface area (Å²) in [5, 5.41) is 23.6. The Bertz CT molecular complexity index is 417. The summed E-state index contributed by atoms with van der Waals surface area (Å²) in [5.41, 5.74) is 2.80. The third kappa shape index (κ3) is 3.58. The lowest BCUT2D eigenvalue weighted by molar-refractivity contribution is 0.315. The molecule has 0 amide bonds. The second-order valence-electron chi connectivity index (χ2n) is 3.81. The summed E-state index contributed by atoms with van der Waals surface area (Å²) in [4.78, 5) is 0.